The molecular weight excluding hydrogens is 309 g/mol. The summed E-state index contributed by atoms with van der Waals surface area (Å²) in [5.41, 5.74) is 0. The van der Waals surface area contributed by atoms with Gasteiger partial charge in [-0.1, -0.05) is 6.92 Å². The minimum atomic E-state index is -0.227. The number of carbonyl (C=O) groups is 1. The summed E-state index contributed by atoms with van der Waals surface area (Å²) in [6.07, 6.45) is 2.86. The number of nitrogens with one attached hydrogen (secondary N) is 2. The second-order valence-corrected chi connectivity index (χ2v) is 5.07. The van der Waals surface area contributed by atoms with Gasteiger partial charge in [0.05, 0.1) is 19.8 Å². The second kappa shape index (κ2) is 9.50. The summed E-state index contributed by atoms with van der Waals surface area (Å²) in [5.74, 6) is -0.0158. The molecule has 110 valence electrons. The van der Waals surface area contributed by atoms with Crippen molar-refractivity contribution in [3.63, 3.8) is 0 Å². The molecule has 2 heterocycles. The molecule has 2 N–H and O–H groups in total. The normalized spacial score (nSPS) is 18.1. The van der Waals surface area contributed by atoms with Crippen LogP contribution in [0.3, 0.4) is 0 Å². The number of morpholine rings is 1. The standard InChI is InChI=1S/C11H17N3O2S.2ClH/c1-2-8-5-13-10(17-8)6-14-11(15)9-7-16-4-3-12-9;;/h5,9,12H,2-4,6-7H2,1H3,(H,14,15);2*1H. The number of halogens is 2. The molecule has 2 rings (SSSR count). The molecule has 1 saturated heterocycles. The molecule has 8 heteroatoms. The number of ether oxygens (including phenoxy) is 1. The molecule has 0 aromatic carbocycles. The van der Waals surface area contributed by atoms with Gasteiger partial charge in [0.25, 0.3) is 0 Å². The molecule has 1 unspecified atom stereocenters. The summed E-state index contributed by atoms with van der Waals surface area (Å²) in [7, 11) is 0. The molecule has 1 aliphatic heterocycles. The van der Waals surface area contributed by atoms with Gasteiger partial charge in [-0.15, -0.1) is 36.2 Å². The first-order valence-electron chi connectivity index (χ1n) is 5.82. The molecule has 1 aliphatic rings. The first kappa shape index (κ1) is 18.6. The topological polar surface area (TPSA) is 63.2 Å². The van der Waals surface area contributed by atoms with Crippen LogP contribution in [0.25, 0.3) is 0 Å². The van der Waals surface area contributed by atoms with Crippen LogP contribution in [0.15, 0.2) is 6.20 Å². The average molecular weight is 328 g/mol. The van der Waals surface area contributed by atoms with Gasteiger partial charge in [-0.2, -0.15) is 0 Å². The molecule has 0 bridgehead atoms. The van der Waals surface area contributed by atoms with E-state index in [-0.39, 0.29) is 36.8 Å². The van der Waals surface area contributed by atoms with Gasteiger partial charge in [0.1, 0.15) is 11.0 Å². The molecule has 0 saturated carbocycles. The minimum absolute atomic E-state index is 0. The summed E-state index contributed by atoms with van der Waals surface area (Å²) in [5, 5.41) is 6.94. The number of amides is 1. The Bertz CT molecular complexity index is 384. The Kier molecular flexibility index (Phi) is 9.30. The average Bonchev–Trinajstić information content (AvgIpc) is 2.85. The lowest BCUT2D eigenvalue weighted by molar-refractivity contribution is -0.126. The van der Waals surface area contributed by atoms with Crippen molar-refractivity contribution in [1.82, 2.24) is 15.6 Å². The highest BCUT2D eigenvalue weighted by Crippen LogP contribution is 2.12. The number of hydrogen-bond acceptors (Lipinski definition) is 5. The number of rotatable bonds is 4. The Morgan fingerprint density at radius 1 is 1.63 bits per heavy atom. The predicted molar refractivity (Wildman–Crippen MR) is 80.4 cm³/mol. The SMILES string of the molecule is CCc1cnc(CNC(=O)C2COCCN2)s1.Cl.Cl. The van der Waals surface area contributed by atoms with E-state index >= 15 is 0 Å². The quantitative estimate of drug-likeness (QED) is 0.870. The van der Waals surface area contributed by atoms with E-state index < -0.39 is 0 Å². The molecule has 19 heavy (non-hydrogen) atoms. The summed E-state index contributed by atoms with van der Waals surface area (Å²) in [6.45, 7) is 4.45. The fraction of sp³-hybridized carbons (Fsp3) is 0.636. The zero-order valence-corrected chi connectivity index (χ0v) is 13.1. The zero-order valence-electron chi connectivity index (χ0n) is 10.7. The van der Waals surface area contributed by atoms with Crippen molar-refractivity contribution in [2.24, 2.45) is 0 Å². The first-order chi connectivity index (χ1) is 8.29. The van der Waals surface area contributed by atoms with Crippen LogP contribution < -0.4 is 10.6 Å². The van der Waals surface area contributed by atoms with Crippen molar-refractivity contribution >= 4 is 42.1 Å². The van der Waals surface area contributed by atoms with E-state index in [0.29, 0.717) is 19.8 Å². The number of aromatic nitrogens is 1. The van der Waals surface area contributed by atoms with Gasteiger partial charge in [0.15, 0.2) is 0 Å². The number of aryl methyl sites for hydroxylation is 1. The van der Waals surface area contributed by atoms with Gasteiger partial charge in [0.2, 0.25) is 5.91 Å². The number of nitrogens with zero attached hydrogens (tertiary/aromatic N) is 1. The van der Waals surface area contributed by atoms with Crippen LogP contribution in [0, 0.1) is 0 Å². The Hall–Kier alpha value is -0.400. The van der Waals surface area contributed by atoms with Crippen LogP contribution in [-0.2, 0) is 22.5 Å². The van der Waals surface area contributed by atoms with E-state index in [9.17, 15) is 4.79 Å². The van der Waals surface area contributed by atoms with Gasteiger partial charge in [-0.3, -0.25) is 4.79 Å². The second-order valence-electron chi connectivity index (χ2n) is 3.87. The smallest absolute Gasteiger partial charge is 0.239 e. The van der Waals surface area contributed by atoms with E-state index in [4.69, 9.17) is 4.74 Å². The molecule has 1 atom stereocenters. The maximum atomic E-state index is 11.8. The van der Waals surface area contributed by atoms with Crippen LogP contribution in [0.5, 0.6) is 0 Å². The van der Waals surface area contributed by atoms with Crippen molar-refractivity contribution in [3.8, 4) is 0 Å². The lowest BCUT2D eigenvalue weighted by Crippen LogP contribution is -2.51. The van der Waals surface area contributed by atoms with E-state index in [2.05, 4.69) is 22.5 Å². The lowest BCUT2D eigenvalue weighted by atomic mass is 10.2. The summed E-state index contributed by atoms with van der Waals surface area (Å²) >= 11 is 1.64. The highest BCUT2D eigenvalue weighted by molar-refractivity contribution is 7.11. The molecule has 1 fully saturated rings. The highest BCUT2D eigenvalue weighted by Gasteiger charge is 2.20. The van der Waals surface area contributed by atoms with Gasteiger partial charge in [0, 0.05) is 17.6 Å². The Morgan fingerprint density at radius 3 is 3.00 bits per heavy atom. The van der Waals surface area contributed by atoms with Gasteiger partial charge in [-0.05, 0) is 6.42 Å². The third-order valence-electron chi connectivity index (χ3n) is 2.60. The summed E-state index contributed by atoms with van der Waals surface area (Å²) < 4.78 is 5.24. The maximum Gasteiger partial charge on any atom is 0.239 e. The van der Waals surface area contributed by atoms with Crippen molar-refractivity contribution in [1.29, 1.82) is 0 Å². The van der Waals surface area contributed by atoms with Crippen LogP contribution in [0.1, 0.15) is 16.8 Å². The van der Waals surface area contributed by atoms with Gasteiger partial charge >= 0.3 is 0 Å². The third-order valence-corrected chi connectivity index (χ3v) is 3.74. The van der Waals surface area contributed by atoms with Crippen LogP contribution in [0.4, 0.5) is 0 Å². The van der Waals surface area contributed by atoms with Crippen molar-refractivity contribution in [2.75, 3.05) is 19.8 Å². The summed E-state index contributed by atoms with van der Waals surface area (Å²) in [4.78, 5) is 17.3. The minimum Gasteiger partial charge on any atom is -0.378 e. The molecule has 0 spiro atoms. The lowest BCUT2D eigenvalue weighted by Gasteiger charge is -2.22. The van der Waals surface area contributed by atoms with E-state index in [1.54, 1.807) is 11.3 Å². The molecule has 0 aliphatic carbocycles. The van der Waals surface area contributed by atoms with E-state index in [1.807, 2.05) is 6.20 Å². The number of carbonyl (C=O) groups excluding carboxylic acids is 1. The monoisotopic (exact) mass is 327 g/mol. The molecule has 1 amide bonds. The van der Waals surface area contributed by atoms with Crippen molar-refractivity contribution in [3.05, 3.63) is 16.1 Å². The van der Waals surface area contributed by atoms with Crippen LogP contribution >= 0.6 is 36.2 Å². The van der Waals surface area contributed by atoms with E-state index in [0.717, 1.165) is 18.0 Å². The Balaban J connectivity index is 0.00000162. The fourth-order valence-corrected chi connectivity index (χ4v) is 2.42. The molecule has 1 aromatic rings. The van der Waals surface area contributed by atoms with E-state index in [1.165, 1.54) is 4.88 Å². The molecular formula is C11H19Cl2N3O2S. The van der Waals surface area contributed by atoms with Crippen LogP contribution in [-0.4, -0.2) is 36.7 Å². The van der Waals surface area contributed by atoms with Gasteiger partial charge in [-0.25, -0.2) is 4.98 Å². The Morgan fingerprint density at radius 2 is 2.42 bits per heavy atom. The van der Waals surface area contributed by atoms with Crippen molar-refractivity contribution in [2.45, 2.75) is 25.9 Å². The fourth-order valence-electron chi connectivity index (χ4n) is 1.61. The van der Waals surface area contributed by atoms with Crippen molar-refractivity contribution < 1.29 is 9.53 Å². The predicted octanol–water partition coefficient (Wildman–Crippen LogP) is 1.15. The molecule has 5 nitrogen and oxygen atoms in total. The van der Waals surface area contributed by atoms with Gasteiger partial charge < -0.3 is 15.4 Å². The first-order valence-corrected chi connectivity index (χ1v) is 6.63. The highest BCUT2D eigenvalue weighted by atomic mass is 35.5. The third kappa shape index (κ3) is 5.62. The maximum absolute atomic E-state index is 11.8. The summed E-state index contributed by atoms with van der Waals surface area (Å²) in [6, 6.07) is -0.227. The largest absolute Gasteiger partial charge is 0.378 e. The number of hydrogen-bond donors (Lipinski definition) is 2. The van der Waals surface area contributed by atoms with Crippen LogP contribution in [0.2, 0.25) is 0 Å². The Labute approximate surface area is 129 Å². The number of thiazole rings is 1. The molecule has 1 aromatic heterocycles. The molecule has 0 radical (unpaired) electrons. The zero-order chi connectivity index (χ0) is 12.1.